The third kappa shape index (κ3) is 3.21. The fourth-order valence-electron chi connectivity index (χ4n) is 2.09. The summed E-state index contributed by atoms with van der Waals surface area (Å²) in [6.07, 6.45) is 0. The summed E-state index contributed by atoms with van der Waals surface area (Å²) in [5.41, 5.74) is 3.99. The average molecular weight is 304 g/mol. The standard InChI is InChI=1S/C16H18BrN/c1-12-7-3-5-9-15(12)13(2)18-11-14-8-4-6-10-16(14)17/h3-10,13,18H,11H2,1-2H3/t13-/m0/s1. The van der Waals surface area contributed by atoms with Crippen LogP contribution in [0.5, 0.6) is 0 Å². The number of hydrogen-bond acceptors (Lipinski definition) is 1. The van der Waals surface area contributed by atoms with Crippen molar-refractivity contribution >= 4 is 15.9 Å². The zero-order valence-electron chi connectivity index (χ0n) is 10.8. The molecule has 0 bridgehead atoms. The molecule has 0 aliphatic rings. The highest BCUT2D eigenvalue weighted by Crippen LogP contribution is 2.19. The van der Waals surface area contributed by atoms with Gasteiger partial charge in [0.05, 0.1) is 0 Å². The van der Waals surface area contributed by atoms with Crippen LogP contribution >= 0.6 is 15.9 Å². The van der Waals surface area contributed by atoms with Crippen LogP contribution in [-0.4, -0.2) is 0 Å². The van der Waals surface area contributed by atoms with Crippen molar-refractivity contribution in [2.24, 2.45) is 0 Å². The van der Waals surface area contributed by atoms with Crippen molar-refractivity contribution < 1.29 is 0 Å². The summed E-state index contributed by atoms with van der Waals surface area (Å²) in [7, 11) is 0. The van der Waals surface area contributed by atoms with E-state index in [9.17, 15) is 0 Å². The Bertz CT molecular complexity index is 522. The van der Waals surface area contributed by atoms with Gasteiger partial charge in [-0.1, -0.05) is 58.4 Å². The second-order valence-corrected chi connectivity index (χ2v) is 5.40. The Morgan fingerprint density at radius 3 is 2.44 bits per heavy atom. The monoisotopic (exact) mass is 303 g/mol. The summed E-state index contributed by atoms with van der Waals surface area (Å²) in [5.74, 6) is 0. The third-order valence-electron chi connectivity index (χ3n) is 3.21. The van der Waals surface area contributed by atoms with E-state index < -0.39 is 0 Å². The fraction of sp³-hybridized carbons (Fsp3) is 0.250. The number of hydrogen-bond donors (Lipinski definition) is 1. The van der Waals surface area contributed by atoms with Crippen molar-refractivity contribution in [1.82, 2.24) is 5.32 Å². The first-order valence-corrected chi connectivity index (χ1v) is 7.00. The quantitative estimate of drug-likeness (QED) is 0.870. The minimum atomic E-state index is 0.360. The van der Waals surface area contributed by atoms with Crippen LogP contribution in [0.4, 0.5) is 0 Å². The van der Waals surface area contributed by atoms with Crippen molar-refractivity contribution in [2.75, 3.05) is 0 Å². The highest BCUT2D eigenvalue weighted by molar-refractivity contribution is 9.10. The van der Waals surface area contributed by atoms with Gasteiger partial charge < -0.3 is 5.32 Å². The van der Waals surface area contributed by atoms with Crippen molar-refractivity contribution in [3.05, 3.63) is 69.7 Å². The van der Waals surface area contributed by atoms with Gasteiger partial charge in [-0.15, -0.1) is 0 Å². The topological polar surface area (TPSA) is 12.0 Å². The minimum Gasteiger partial charge on any atom is -0.306 e. The van der Waals surface area contributed by atoms with Crippen LogP contribution in [0.25, 0.3) is 0 Å². The van der Waals surface area contributed by atoms with Crippen LogP contribution in [-0.2, 0) is 6.54 Å². The first kappa shape index (κ1) is 13.3. The molecule has 0 amide bonds. The Labute approximate surface area is 117 Å². The van der Waals surface area contributed by atoms with Crippen LogP contribution < -0.4 is 5.32 Å². The van der Waals surface area contributed by atoms with Gasteiger partial charge in [-0.25, -0.2) is 0 Å². The summed E-state index contributed by atoms with van der Waals surface area (Å²) in [5, 5.41) is 3.57. The lowest BCUT2D eigenvalue weighted by Crippen LogP contribution is -2.19. The molecule has 2 rings (SSSR count). The van der Waals surface area contributed by atoms with E-state index in [1.807, 2.05) is 6.07 Å². The predicted molar refractivity (Wildman–Crippen MR) is 80.6 cm³/mol. The zero-order valence-corrected chi connectivity index (χ0v) is 12.4. The molecule has 2 aromatic rings. The smallest absolute Gasteiger partial charge is 0.0297 e. The molecule has 0 saturated carbocycles. The molecule has 2 heteroatoms. The van der Waals surface area contributed by atoms with Crippen molar-refractivity contribution in [3.63, 3.8) is 0 Å². The summed E-state index contributed by atoms with van der Waals surface area (Å²) in [6.45, 7) is 5.24. The maximum absolute atomic E-state index is 3.58. The molecule has 0 heterocycles. The van der Waals surface area contributed by atoms with Crippen LogP contribution in [0.3, 0.4) is 0 Å². The second kappa shape index (κ2) is 6.17. The van der Waals surface area contributed by atoms with Gasteiger partial charge in [0.25, 0.3) is 0 Å². The van der Waals surface area contributed by atoms with Crippen molar-refractivity contribution in [1.29, 1.82) is 0 Å². The Morgan fingerprint density at radius 2 is 1.72 bits per heavy atom. The molecule has 0 aliphatic carbocycles. The Kier molecular flexibility index (Phi) is 4.56. The Morgan fingerprint density at radius 1 is 1.06 bits per heavy atom. The Hall–Kier alpha value is -1.12. The highest BCUT2D eigenvalue weighted by Gasteiger charge is 2.07. The van der Waals surface area contributed by atoms with Gasteiger partial charge in [0.2, 0.25) is 0 Å². The normalized spacial score (nSPS) is 12.4. The molecule has 2 aromatic carbocycles. The van der Waals surface area contributed by atoms with Gasteiger partial charge >= 0.3 is 0 Å². The largest absolute Gasteiger partial charge is 0.306 e. The first-order valence-electron chi connectivity index (χ1n) is 6.21. The van der Waals surface area contributed by atoms with Crippen molar-refractivity contribution in [2.45, 2.75) is 26.4 Å². The molecule has 0 saturated heterocycles. The lowest BCUT2D eigenvalue weighted by molar-refractivity contribution is 0.571. The van der Waals surface area contributed by atoms with E-state index >= 15 is 0 Å². The van der Waals surface area contributed by atoms with E-state index in [0.717, 1.165) is 11.0 Å². The fourth-order valence-corrected chi connectivity index (χ4v) is 2.51. The summed E-state index contributed by atoms with van der Waals surface area (Å²) in [6, 6.07) is 17.2. The zero-order chi connectivity index (χ0) is 13.0. The number of halogens is 1. The Balaban J connectivity index is 2.03. The molecule has 94 valence electrons. The maximum Gasteiger partial charge on any atom is 0.0297 e. The molecular formula is C16H18BrN. The SMILES string of the molecule is Cc1ccccc1[C@H](C)NCc1ccccc1Br. The van der Waals surface area contributed by atoms with E-state index in [1.165, 1.54) is 16.7 Å². The molecule has 0 aromatic heterocycles. The van der Waals surface area contributed by atoms with E-state index in [1.54, 1.807) is 0 Å². The molecule has 0 unspecified atom stereocenters. The van der Waals surface area contributed by atoms with E-state index in [4.69, 9.17) is 0 Å². The van der Waals surface area contributed by atoms with Gasteiger partial charge in [-0.2, -0.15) is 0 Å². The average Bonchev–Trinajstić information content (AvgIpc) is 2.38. The van der Waals surface area contributed by atoms with Crippen molar-refractivity contribution in [3.8, 4) is 0 Å². The number of nitrogens with one attached hydrogen (secondary N) is 1. The van der Waals surface area contributed by atoms with Gasteiger partial charge in [-0.3, -0.25) is 0 Å². The number of benzene rings is 2. The molecule has 1 atom stereocenters. The summed E-state index contributed by atoms with van der Waals surface area (Å²) in [4.78, 5) is 0. The molecule has 18 heavy (non-hydrogen) atoms. The molecule has 0 fully saturated rings. The van der Waals surface area contributed by atoms with Crippen LogP contribution in [0.15, 0.2) is 53.0 Å². The molecule has 0 radical (unpaired) electrons. The molecule has 1 nitrogen and oxygen atoms in total. The lowest BCUT2D eigenvalue weighted by Gasteiger charge is -2.17. The number of rotatable bonds is 4. The predicted octanol–water partition coefficient (Wildman–Crippen LogP) is 4.61. The van der Waals surface area contributed by atoms with Gasteiger partial charge in [-0.05, 0) is 36.6 Å². The molecular weight excluding hydrogens is 286 g/mol. The van der Waals surface area contributed by atoms with E-state index in [-0.39, 0.29) is 0 Å². The van der Waals surface area contributed by atoms with Gasteiger partial charge in [0.15, 0.2) is 0 Å². The maximum atomic E-state index is 3.58. The summed E-state index contributed by atoms with van der Waals surface area (Å²) < 4.78 is 1.16. The van der Waals surface area contributed by atoms with E-state index in [0.29, 0.717) is 6.04 Å². The molecule has 0 spiro atoms. The number of aryl methyl sites for hydroxylation is 1. The molecule has 1 N–H and O–H groups in total. The third-order valence-corrected chi connectivity index (χ3v) is 3.99. The highest BCUT2D eigenvalue weighted by atomic mass is 79.9. The van der Waals surface area contributed by atoms with Crippen LogP contribution in [0, 0.1) is 6.92 Å². The second-order valence-electron chi connectivity index (χ2n) is 4.55. The van der Waals surface area contributed by atoms with Gasteiger partial charge in [0, 0.05) is 17.1 Å². The summed E-state index contributed by atoms with van der Waals surface area (Å²) >= 11 is 3.58. The minimum absolute atomic E-state index is 0.360. The van der Waals surface area contributed by atoms with Crippen LogP contribution in [0.1, 0.15) is 29.7 Å². The first-order chi connectivity index (χ1) is 8.68. The lowest BCUT2D eigenvalue weighted by atomic mass is 10.0. The van der Waals surface area contributed by atoms with E-state index in [2.05, 4.69) is 77.6 Å². The van der Waals surface area contributed by atoms with Gasteiger partial charge in [0.1, 0.15) is 0 Å². The van der Waals surface area contributed by atoms with Crippen LogP contribution in [0.2, 0.25) is 0 Å². The molecule has 0 aliphatic heterocycles.